The van der Waals surface area contributed by atoms with Crippen LogP contribution in [0.25, 0.3) is 5.82 Å². The summed E-state index contributed by atoms with van der Waals surface area (Å²) < 4.78 is 1.82. The second-order valence-electron chi connectivity index (χ2n) is 4.94. The van der Waals surface area contributed by atoms with Crippen molar-refractivity contribution in [3.05, 3.63) is 29.8 Å². The predicted octanol–water partition coefficient (Wildman–Crippen LogP) is 2.92. The van der Waals surface area contributed by atoms with Gasteiger partial charge < -0.3 is 5.32 Å². The minimum Gasteiger partial charge on any atom is -0.370 e. The zero-order valence-corrected chi connectivity index (χ0v) is 12.0. The molecule has 0 radical (unpaired) electrons. The van der Waals surface area contributed by atoms with Crippen LogP contribution in [-0.4, -0.2) is 26.3 Å². The van der Waals surface area contributed by atoms with Gasteiger partial charge in [0.2, 0.25) is 0 Å². The van der Waals surface area contributed by atoms with Crippen molar-refractivity contribution in [3.8, 4) is 5.82 Å². The van der Waals surface area contributed by atoms with Crippen LogP contribution in [-0.2, 0) is 0 Å². The maximum atomic E-state index is 4.44. The zero-order valence-electron chi connectivity index (χ0n) is 12.0. The minimum absolute atomic E-state index is 0.333. The van der Waals surface area contributed by atoms with Crippen molar-refractivity contribution in [1.29, 1.82) is 0 Å². The fraction of sp³-hybridized carbons (Fsp3) is 0.500. The molecule has 19 heavy (non-hydrogen) atoms. The van der Waals surface area contributed by atoms with E-state index in [9.17, 15) is 0 Å². The first-order valence-electron chi connectivity index (χ1n) is 6.75. The molecule has 1 N–H and O–H groups in total. The van der Waals surface area contributed by atoms with Gasteiger partial charge in [0.05, 0.1) is 5.69 Å². The Morgan fingerprint density at radius 3 is 2.68 bits per heavy atom. The lowest BCUT2D eigenvalue weighted by Gasteiger charge is -2.16. The van der Waals surface area contributed by atoms with E-state index in [-0.39, 0.29) is 0 Å². The van der Waals surface area contributed by atoms with Gasteiger partial charge in [0.25, 0.3) is 0 Å². The van der Waals surface area contributed by atoms with E-state index in [0.29, 0.717) is 5.92 Å². The summed E-state index contributed by atoms with van der Waals surface area (Å²) in [5.41, 5.74) is 2.09. The Balaban J connectivity index is 2.48. The Kier molecular flexibility index (Phi) is 4.14. The van der Waals surface area contributed by atoms with E-state index in [0.717, 1.165) is 35.9 Å². The van der Waals surface area contributed by atoms with Crippen LogP contribution in [0.3, 0.4) is 0 Å². The Hall–Kier alpha value is -1.91. The molecule has 2 rings (SSSR count). The number of anilines is 1. The number of nitrogens with zero attached hydrogens (tertiary/aromatic N) is 4. The molecule has 0 spiro atoms. The Morgan fingerprint density at radius 2 is 2.11 bits per heavy atom. The van der Waals surface area contributed by atoms with E-state index in [1.165, 1.54) is 0 Å². The molecule has 0 unspecified atom stereocenters. The molecule has 0 aliphatic rings. The number of aromatic nitrogens is 4. The van der Waals surface area contributed by atoms with E-state index in [4.69, 9.17) is 0 Å². The number of hydrogen-bond acceptors (Lipinski definition) is 4. The maximum absolute atomic E-state index is 4.44. The van der Waals surface area contributed by atoms with Crippen LogP contribution in [0.15, 0.2) is 18.6 Å². The summed E-state index contributed by atoms with van der Waals surface area (Å²) in [6.07, 6.45) is 4.60. The topological polar surface area (TPSA) is 55.6 Å². The van der Waals surface area contributed by atoms with Gasteiger partial charge in [-0.2, -0.15) is 5.10 Å². The summed E-state index contributed by atoms with van der Waals surface area (Å²) in [5.74, 6) is 2.10. The molecule has 2 aromatic rings. The number of nitrogens with one attached hydrogen (secondary N) is 1. The molecule has 2 aromatic heterocycles. The molecule has 0 aliphatic carbocycles. The molecular formula is C14H21N5. The highest BCUT2D eigenvalue weighted by molar-refractivity contribution is 5.53. The summed E-state index contributed by atoms with van der Waals surface area (Å²) in [4.78, 5) is 8.77. The molecule has 2 heterocycles. The number of aryl methyl sites for hydroxylation is 1. The fourth-order valence-electron chi connectivity index (χ4n) is 2.02. The van der Waals surface area contributed by atoms with E-state index in [1.54, 1.807) is 6.33 Å². The van der Waals surface area contributed by atoms with Crippen molar-refractivity contribution in [2.75, 3.05) is 11.9 Å². The van der Waals surface area contributed by atoms with Crippen LogP contribution in [0, 0.1) is 6.92 Å². The van der Waals surface area contributed by atoms with Crippen molar-refractivity contribution in [2.45, 2.75) is 40.0 Å². The standard InChI is InChI=1S/C14H21N5/c1-5-7-15-13-12(10(2)3)14(17-9-16-13)19-8-6-11(4)18-19/h6,8-10H,5,7H2,1-4H3,(H,15,16,17). The van der Waals surface area contributed by atoms with Gasteiger partial charge in [-0.1, -0.05) is 20.8 Å². The van der Waals surface area contributed by atoms with Crippen molar-refractivity contribution >= 4 is 5.82 Å². The van der Waals surface area contributed by atoms with Crippen molar-refractivity contribution in [2.24, 2.45) is 0 Å². The normalized spacial score (nSPS) is 11.0. The van der Waals surface area contributed by atoms with Gasteiger partial charge in [0.15, 0.2) is 5.82 Å². The molecule has 0 saturated carbocycles. The van der Waals surface area contributed by atoms with Crippen LogP contribution < -0.4 is 5.32 Å². The first-order chi connectivity index (χ1) is 9.13. The Labute approximate surface area is 114 Å². The molecule has 5 heteroatoms. The van der Waals surface area contributed by atoms with Gasteiger partial charge in [-0.05, 0) is 25.3 Å². The quantitative estimate of drug-likeness (QED) is 0.897. The fourth-order valence-corrected chi connectivity index (χ4v) is 2.02. The third kappa shape index (κ3) is 2.92. The lowest BCUT2D eigenvalue weighted by Crippen LogP contribution is -2.12. The van der Waals surface area contributed by atoms with Crippen LogP contribution in [0.1, 0.15) is 44.4 Å². The largest absolute Gasteiger partial charge is 0.370 e. The molecule has 0 amide bonds. The highest BCUT2D eigenvalue weighted by Crippen LogP contribution is 2.27. The minimum atomic E-state index is 0.333. The third-order valence-electron chi connectivity index (χ3n) is 2.92. The summed E-state index contributed by atoms with van der Waals surface area (Å²) in [7, 11) is 0. The van der Waals surface area contributed by atoms with E-state index in [1.807, 2.05) is 23.9 Å². The second-order valence-corrected chi connectivity index (χ2v) is 4.94. The lowest BCUT2D eigenvalue weighted by molar-refractivity contribution is 0.766. The van der Waals surface area contributed by atoms with E-state index >= 15 is 0 Å². The molecular weight excluding hydrogens is 238 g/mol. The monoisotopic (exact) mass is 259 g/mol. The SMILES string of the molecule is CCCNc1ncnc(-n2ccc(C)n2)c1C(C)C. The summed E-state index contributed by atoms with van der Waals surface area (Å²) in [6.45, 7) is 9.32. The van der Waals surface area contributed by atoms with Gasteiger partial charge in [-0.15, -0.1) is 0 Å². The molecule has 0 saturated heterocycles. The number of hydrogen-bond donors (Lipinski definition) is 1. The van der Waals surface area contributed by atoms with Gasteiger partial charge in [-0.3, -0.25) is 0 Å². The molecule has 0 fully saturated rings. The molecule has 102 valence electrons. The van der Waals surface area contributed by atoms with Crippen LogP contribution in [0.4, 0.5) is 5.82 Å². The molecule has 0 aliphatic heterocycles. The summed E-state index contributed by atoms with van der Waals surface area (Å²) >= 11 is 0. The Bertz CT molecular complexity index is 545. The Morgan fingerprint density at radius 1 is 1.32 bits per heavy atom. The average Bonchev–Trinajstić information content (AvgIpc) is 2.82. The van der Waals surface area contributed by atoms with Gasteiger partial charge in [0, 0.05) is 18.3 Å². The van der Waals surface area contributed by atoms with E-state index < -0.39 is 0 Å². The maximum Gasteiger partial charge on any atom is 0.162 e. The predicted molar refractivity (Wildman–Crippen MR) is 76.8 cm³/mol. The van der Waals surface area contributed by atoms with Crippen LogP contribution in [0.2, 0.25) is 0 Å². The van der Waals surface area contributed by atoms with Crippen molar-refractivity contribution in [3.63, 3.8) is 0 Å². The first kappa shape index (κ1) is 13.5. The highest BCUT2D eigenvalue weighted by Gasteiger charge is 2.16. The van der Waals surface area contributed by atoms with Crippen molar-refractivity contribution in [1.82, 2.24) is 19.7 Å². The molecule has 5 nitrogen and oxygen atoms in total. The molecule has 0 bridgehead atoms. The summed E-state index contributed by atoms with van der Waals surface area (Å²) in [5, 5.41) is 7.81. The highest BCUT2D eigenvalue weighted by atomic mass is 15.3. The first-order valence-corrected chi connectivity index (χ1v) is 6.75. The van der Waals surface area contributed by atoms with Gasteiger partial charge >= 0.3 is 0 Å². The van der Waals surface area contributed by atoms with Gasteiger partial charge in [0.1, 0.15) is 12.1 Å². The van der Waals surface area contributed by atoms with Crippen LogP contribution in [0.5, 0.6) is 0 Å². The second kappa shape index (κ2) is 5.82. The van der Waals surface area contributed by atoms with Crippen LogP contribution >= 0.6 is 0 Å². The molecule has 0 atom stereocenters. The smallest absolute Gasteiger partial charge is 0.162 e. The van der Waals surface area contributed by atoms with Crippen molar-refractivity contribution < 1.29 is 0 Å². The zero-order chi connectivity index (χ0) is 13.8. The summed E-state index contributed by atoms with van der Waals surface area (Å²) in [6, 6.07) is 1.98. The number of rotatable bonds is 5. The molecule has 0 aromatic carbocycles. The van der Waals surface area contributed by atoms with E-state index in [2.05, 4.69) is 41.2 Å². The third-order valence-corrected chi connectivity index (χ3v) is 2.92. The van der Waals surface area contributed by atoms with Gasteiger partial charge in [-0.25, -0.2) is 14.6 Å². The average molecular weight is 259 g/mol. The lowest BCUT2D eigenvalue weighted by atomic mass is 10.0.